The number of ketones is 1. The van der Waals surface area contributed by atoms with E-state index in [-0.39, 0.29) is 5.78 Å². The van der Waals surface area contributed by atoms with Crippen molar-refractivity contribution in [3.63, 3.8) is 0 Å². The van der Waals surface area contributed by atoms with Crippen molar-refractivity contribution >= 4 is 5.78 Å². The van der Waals surface area contributed by atoms with Crippen LogP contribution in [-0.4, -0.2) is 43.5 Å². The van der Waals surface area contributed by atoms with E-state index in [1.807, 2.05) is 0 Å². The number of carbonyl (C=O) groups is 1. The number of carbonyl (C=O) groups excluding carboxylic acids is 1. The second-order valence-corrected chi connectivity index (χ2v) is 5.83. The zero-order chi connectivity index (χ0) is 15.2. The van der Waals surface area contributed by atoms with Gasteiger partial charge in [0.25, 0.3) is 0 Å². The van der Waals surface area contributed by atoms with Crippen LogP contribution in [0.3, 0.4) is 0 Å². The van der Waals surface area contributed by atoms with Gasteiger partial charge in [0.05, 0.1) is 0 Å². The van der Waals surface area contributed by atoms with Crippen LogP contribution in [0.4, 0.5) is 0 Å². The molecule has 0 radical (unpaired) electrons. The van der Waals surface area contributed by atoms with Gasteiger partial charge in [-0.1, -0.05) is 25.2 Å². The summed E-state index contributed by atoms with van der Waals surface area (Å²) in [5.74, 6) is 5.30. The van der Waals surface area contributed by atoms with Crippen LogP contribution in [0.25, 0.3) is 0 Å². The molecule has 1 aliphatic rings. The van der Waals surface area contributed by atoms with Crippen LogP contribution in [-0.2, 0) is 9.53 Å². The standard InChI is InChI=1S/C18H31NO2/c1-2-11-18(20)12-6-3-4-9-16-21-17-10-15-19-13-7-5-8-14-19/h3-10,12-17H2,1H3. The molecule has 1 rings (SSSR count). The molecule has 0 aromatic carbocycles. The lowest BCUT2D eigenvalue weighted by Crippen LogP contribution is -2.31. The predicted octanol–water partition coefficient (Wildman–Crippen LogP) is 3.42. The summed E-state index contributed by atoms with van der Waals surface area (Å²) < 4.78 is 5.67. The van der Waals surface area contributed by atoms with Crippen molar-refractivity contribution in [1.29, 1.82) is 0 Å². The van der Waals surface area contributed by atoms with Crippen LogP contribution in [0.1, 0.15) is 64.7 Å². The second kappa shape index (κ2) is 12.9. The summed E-state index contributed by atoms with van der Waals surface area (Å²) in [5.41, 5.74) is 0. The summed E-state index contributed by atoms with van der Waals surface area (Å²) >= 11 is 0. The highest BCUT2D eigenvalue weighted by molar-refractivity contribution is 5.95. The Morgan fingerprint density at radius 3 is 2.48 bits per heavy atom. The summed E-state index contributed by atoms with van der Waals surface area (Å²) in [6.07, 6.45) is 10.2. The molecule has 0 N–H and O–H groups in total. The van der Waals surface area contributed by atoms with E-state index in [2.05, 4.69) is 16.7 Å². The quantitative estimate of drug-likeness (QED) is 0.332. The van der Waals surface area contributed by atoms with Gasteiger partial charge in [-0.15, -0.1) is 0 Å². The Bertz CT molecular complexity index is 324. The van der Waals surface area contributed by atoms with Gasteiger partial charge in [0, 0.05) is 26.2 Å². The minimum Gasteiger partial charge on any atom is -0.381 e. The van der Waals surface area contributed by atoms with Gasteiger partial charge in [0.1, 0.15) is 0 Å². The number of hydrogen-bond acceptors (Lipinski definition) is 3. The summed E-state index contributed by atoms with van der Waals surface area (Å²) in [6, 6.07) is 0. The van der Waals surface area contributed by atoms with Crippen LogP contribution >= 0.6 is 0 Å². The van der Waals surface area contributed by atoms with Crippen molar-refractivity contribution in [1.82, 2.24) is 4.90 Å². The van der Waals surface area contributed by atoms with Crippen LogP contribution < -0.4 is 0 Å². The molecule has 0 unspecified atom stereocenters. The molecule has 0 amide bonds. The average molecular weight is 293 g/mol. The van der Waals surface area contributed by atoms with Crippen molar-refractivity contribution in [3.8, 4) is 11.8 Å². The van der Waals surface area contributed by atoms with Crippen molar-refractivity contribution in [2.45, 2.75) is 64.7 Å². The van der Waals surface area contributed by atoms with Crippen LogP contribution in [0.2, 0.25) is 0 Å². The molecular formula is C18H31NO2. The molecule has 1 heterocycles. The number of piperidine rings is 1. The second-order valence-electron chi connectivity index (χ2n) is 5.83. The number of hydrogen-bond donors (Lipinski definition) is 0. The van der Waals surface area contributed by atoms with Gasteiger partial charge in [0.2, 0.25) is 5.78 Å². The first-order valence-corrected chi connectivity index (χ1v) is 8.58. The fourth-order valence-electron chi connectivity index (χ4n) is 2.72. The Balaban J connectivity index is 1.78. The normalized spacial score (nSPS) is 15.5. The first-order chi connectivity index (χ1) is 10.3. The van der Waals surface area contributed by atoms with Gasteiger partial charge in [-0.05, 0) is 58.0 Å². The number of rotatable bonds is 11. The maximum Gasteiger partial charge on any atom is 0.205 e. The van der Waals surface area contributed by atoms with E-state index >= 15 is 0 Å². The molecule has 1 fully saturated rings. The molecule has 0 aromatic rings. The van der Waals surface area contributed by atoms with Gasteiger partial charge in [-0.3, -0.25) is 4.79 Å². The van der Waals surface area contributed by atoms with Gasteiger partial charge in [-0.25, -0.2) is 0 Å². The minimum atomic E-state index is 0.0754. The largest absolute Gasteiger partial charge is 0.381 e. The summed E-state index contributed by atoms with van der Waals surface area (Å²) in [5, 5.41) is 0. The fourth-order valence-corrected chi connectivity index (χ4v) is 2.72. The summed E-state index contributed by atoms with van der Waals surface area (Å²) in [6.45, 7) is 7.22. The summed E-state index contributed by atoms with van der Waals surface area (Å²) in [4.78, 5) is 13.7. The van der Waals surface area contributed by atoms with Crippen LogP contribution in [0.15, 0.2) is 0 Å². The van der Waals surface area contributed by atoms with Crippen molar-refractivity contribution in [2.75, 3.05) is 32.8 Å². The number of likely N-dealkylation sites (tertiary alicyclic amines) is 1. The zero-order valence-electron chi connectivity index (χ0n) is 13.7. The third kappa shape index (κ3) is 10.5. The monoisotopic (exact) mass is 293 g/mol. The average Bonchev–Trinajstić information content (AvgIpc) is 2.50. The van der Waals surface area contributed by atoms with Crippen molar-refractivity contribution in [3.05, 3.63) is 0 Å². The SMILES string of the molecule is CC#CC(=O)CCCCCCOCCCN1CCCCC1. The van der Waals surface area contributed by atoms with E-state index in [1.54, 1.807) is 6.92 Å². The Morgan fingerprint density at radius 1 is 1.00 bits per heavy atom. The number of ether oxygens (including phenoxy) is 1. The Morgan fingerprint density at radius 2 is 1.71 bits per heavy atom. The highest BCUT2D eigenvalue weighted by Crippen LogP contribution is 2.09. The summed E-state index contributed by atoms with van der Waals surface area (Å²) in [7, 11) is 0. The first kappa shape index (κ1) is 18.2. The van der Waals surface area contributed by atoms with Gasteiger partial charge < -0.3 is 9.64 Å². The van der Waals surface area contributed by atoms with Gasteiger partial charge in [-0.2, -0.15) is 0 Å². The highest BCUT2D eigenvalue weighted by Gasteiger charge is 2.08. The van der Waals surface area contributed by atoms with Crippen molar-refractivity contribution < 1.29 is 9.53 Å². The lowest BCUT2D eigenvalue weighted by molar-refractivity contribution is -0.113. The third-order valence-corrected chi connectivity index (χ3v) is 3.92. The van der Waals surface area contributed by atoms with Crippen LogP contribution in [0, 0.1) is 11.8 Å². The molecule has 1 aliphatic heterocycles. The number of unbranched alkanes of at least 4 members (excludes halogenated alkanes) is 3. The number of Topliss-reactive ketones (excluding diaryl/α,β-unsaturated/α-hetero) is 1. The molecule has 0 aliphatic carbocycles. The molecule has 0 aromatic heterocycles. The van der Waals surface area contributed by atoms with E-state index in [1.165, 1.54) is 38.9 Å². The molecule has 0 saturated carbocycles. The smallest absolute Gasteiger partial charge is 0.205 e. The minimum absolute atomic E-state index is 0.0754. The molecule has 21 heavy (non-hydrogen) atoms. The molecule has 0 bridgehead atoms. The molecule has 1 saturated heterocycles. The molecule has 3 nitrogen and oxygen atoms in total. The third-order valence-electron chi connectivity index (χ3n) is 3.92. The highest BCUT2D eigenvalue weighted by atomic mass is 16.5. The topological polar surface area (TPSA) is 29.5 Å². The van der Waals surface area contributed by atoms with Crippen LogP contribution in [0.5, 0.6) is 0 Å². The Labute approximate surface area is 130 Å². The number of nitrogens with zero attached hydrogens (tertiary/aromatic N) is 1. The molecule has 3 heteroatoms. The van der Waals surface area contributed by atoms with E-state index in [9.17, 15) is 4.79 Å². The van der Waals surface area contributed by atoms with Gasteiger partial charge in [0.15, 0.2) is 0 Å². The Kier molecular flexibility index (Phi) is 11.1. The van der Waals surface area contributed by atoms with E-state index in [0.717, 1.165) is 45.3 Å². The van der Waals surface area contributed by atoms with Gasteiger partial charge >= 0.3 is 0 Å². The molecule has 0 spiro atoms. The maximum atomic E-state index is 11.2. The van der Waals surface area contributed by atoms with Crippen molar-refractivity contribution in [2.24, 2.45) is 0 Å². The lowest BCUT2D eigenvalue weighted by Gasteiger charge is -2.26. The van der Waals surface area contributed by atoms with E-state index in [4.69, 9.17) is 4.74 Å². The molecule has 120 valence electrons. The molecule has 0 atom stereocenters. The maximum absolute atomic E-state index is 11.2. The first-order valence-electron chi connectivity index (χ1n) is 8.58. The lowest BCUT2D eigenvalue weighted by atomic mass is 10.1. The predicted molar refractivity (Wildman–Crippen MR) is 87.3 cm³/mol. The van der Waals surface area contributed by atoms with E-state index < -0.39 is 0 Å². The molecular weight excluding hydrogens is 262 g/mol. The zero-order valence-corrected chi connectivity index (χ0v) is 13.7. The Hall–Kier alpha value is -0.850. The fraction of sp³-hybridized carbons (Fsp3) is 0.833. The van der Waals surface area contributed by atoms with E-state index in [0.29, 0.717) is 6.42 Å².